The number of carbonyl (C=O) groups excluding carboxylic acids is 1. The molecule has 0 aliphatic heterocycles. The van der Waals surface area contributed by atoms with Gasteiger partial charge in [0.2, 0.25) is 0 Å². The number of hydrogen-bond donors (Lipinski definition) is 1. The Morgan fingerprint density at radius 3 is 2.11 bits per heavy atom. The Labute approximate surface area is 115 Å². The van der Waals surface area contributed by atoms with Gasteiger partial charge in [0.1, 0.15) is 0 Å². The zero-order valence-electron chi connectivity index (χ0n) is 11.6. The largest absolute Gasteiger partial charge is 0.352 e. The Balaban J connectivity index is 2.68. The lowest BCUT2D eigenvalue weighted by Crippen LogP contribution is -2.28. The Kier molecular flexibility index (Phi) is 5.54. The molecule has 0 aliphatic carbocycles. The van der Waals surface area contributed by atoms with Gasteiger partial charge < -0.3 is 5.32 Å². The van der Waals surface area contributed by atoms with Crippen LogP contribution in [0.1, 0.15) is 37.0 Å². The van der Waals surface area contributed by atoms with Crippen LogP contribution < -0.4 is 5.32 Å². The molecule has 19 heavy (non-hydrogen) atoms. The van der Waals surface area contributed by atoms with Crippen molar-refractivity contribution in [3.63, 3.8) is 0 Å². The number of benzene rings is 1. The molecule has 0 atom stereocenters. The molecule has 0 heterocycles. The first-order valence-corrected chi connectivity index (χ1v) is 8.36. The first-order chi connectivity index (χ1) is 8.88. The lowest BCUT2D eigenvalue weighted by Gasteiger charge is -2.13. The van der Waals surface area contributed by atoms with E-state index in [1.54, 1.807) is 12.1 Å². The average molecular weight is 283 g/mol. The fourth-order valence-corrected chi connectivity index (χ4v) is 2.40. The van der Waals surface area contributed by atoms with E-state index in [4.69, 9.17) is 0 Å². The summed E-state index contributed by atoms with van der Waals surface area (Å²) in [7, 11) is -3.21. The number of rotatable bonds is 6. The van der Waals surface area contributed by atoms with Gasteiger partial charge in [-0.05, 0) is 30.2 Å². The summed E-state index contributed by atoms with van der Waals surface area (Å²) in [5.74, 6) is 0.325. The zero-order chi connectivity index (χ0) is 14.5. The van der Waals surface area contributed by atoms with Gasteiger partial charge in [-0.2, -0.15) is 0 Å². The number of amides is 1. The Bertz CT molecular complexity index is 516. The number of sulfone groups is 1. The lowest BCUT2D eigenvalue weighted by molar-refractivity contribution is 0.0946. The lowest BCUT2D eigenvalue weighted by atomic mass is 10.0. The fourth-order valence-electron chi connectivity index (χ4n) is 1.77. The summed E-state index contributed by atoms with van der Waals surface area (Å²) in [6.07, 6.45) is 3.21. The normalized spacial score (nSPS) is 11.6. The fraction of sp³-hybridized carbons (Fsp3) is 0.500. The van der Waals surface area contributed by atoms with Gasteiger partial charge >= 0.3 is 0 Å². The van der Waals surface area contributed by atoms with Crippen molar-refractivity contribution >= 4 is 15.7 Å². The standard InChI is InChI=1S/C14H21NO3S/c1-4-11(5-2)10-15-14(16)12-6-8-13(9-7-12)19(3,17)18/h6-9,11H,4-5,10H2,1-3H3,(H,15,16). The molecule has 0 aromatic heterocycles. The van der Waals surface area contributed by atoms with Crippen LogP contribution in [0.15, 0.2) is 29.2 Å². The first kappa shape index (κ1) is 15.7. The van der Waals surface area contributed by atoms with Crippen LogP contribution in [0.5, 0.6) is 0 Å². The van der Waals surface area contributed by atoms with Gasteiger partial charge in [0.25, 0.3) is 5.91 Å². The third-order valence-corrected chi connectivity index (χ3v) is 4.38. The topological polar surface area (TPSA) is 63.2 Å². The highest BCUT2D eigenvalue weighted by molar-refractivity contribution is 7.90. The molecule has 1 aromatic rings. The van der Waals surface area contributed by atoms with Crippen LogP contribution in [0.3, 0.4) is 0 Å². The SMILES string of the molecule is CCC(CC)CNC(=O)c1ccc(S(C)(=O)=O)cc1. The highest BCUT2D eigenvalue weighted by atomic mass is 32.2. The second-order valence-corrected chi connectivity index (χ2v) is 6.70. The molecule has 0 bridgehead atoms. The molecule has 4 nitrogen and oxygen atoms in total. The molecular formula is C14H21NO3S. The molecule has 0 aliphatic rings. The first-order valence-electron chi connectivity index (χ1n) is 6.46. The predicted octanol–water partition coefficient (Wildman–Crippen LogP) is 2.26. The average Bonchev–Trinajstić information content (AvgIpc) is 2.39. The van der Waals surface area contributed by atoms with E-state index in [1.165, 1.54) is 12.1 Å². The van der Waals surface area contributed by atoms with Gasteiger partial charge in [-0.3, -0.25) is 4.79 Å². The molecule has 106 valence electrons. The summed E-state index contributed by atoms with van der Waals surface area (Å²) >= 11 is 0. The van der Waals surface area contributed by atoms with Crippen LogP contribution in [0, 0.1) is 5.92 Å². The van der Waals surface area contributed by atoms with E-state index in [0.29, 0.717) is 18.0 Å². The van der Waals surface area contributed by atoms with E-state index in [9.17, 15) is 13.2 Å². The molecule has 1 N–H and O–H groups in total. The van der Waals surface area contributed by atoms with Crippen molar-refractivity contribution in [2.75, 3.05) is 12.8 Å². The van der Waals surface area contributed by atoms with Crippen LogP contribution >= 0.6 is 0 Å². The zero-order valence-corrected chi connectivity index (χ0v) is 12.5. The Morgan fingerprint density at radius 1 is 1.16 bits per heavy atom. The van der Waals surface area contributed by atoms with Crippen molar-refractivity contribution in [1.82, 2.24) is 5.32 Å². The summed E-state index contributed by atoms with van der Waals surface area (Å²) in [4.78, 5) is 12.1. The van der Waals surface area contributed by atoms with Crippen LogP contribution in [-0.2, 0) is 9.84 Å². The molecule has 0 unspecified atom stereocenters. The molecule has 0 saturated heterocycles. The maximum atomic E-state index is 11.9. The van der Waals surface area contributed by atoms with E-state index < -0.39 is 9.84 Å². The van der Waals surface area contributed by atoms with Crippen LogP contribution in [0.25, 0.3) is 0 Å². The van der Waals surface area contributed by atoms with Gasteiger partial charge in [-0.1, -0.05) is 26.7 Å². The van der Waals surface area contributed by atoms with E-state index in [0.717, 1.165) is 19.1 Å². The number of hydrogen-bond acceptors (Lipinski definition) is 3. The second kappa shape index (κ2) is 6.70. The molecule has 0 radical (unpaired) electrons. The maximum absolute atomic E-state index is 11.9. The number of nitrogens with one attached hydrogen (secondary N) is 1. The summed E-state index contributed by atoms with van der Waals surface area (Å²) in [5.41, 5.74) is 0.485. The van der Waals surface area contributed by atoms with Crippen LogP contribution in [0.2, 0.25) is 0 Å². The van der Waals surface area contributed by atoms with Gasteiger partial charge in [0.05, 0.1) is 4.90 Å². The third kappa shape index (κ3) is 4.67. The van der Waals surface area contributed by atoms with Crippen LogP contribution in [-0.4, -0.2) is 27.1 Å². The van der Waals surface area contributed by atoms with Crippen LogP contribution in [0.4, 0.5) is 0 Å². The third-order valence-electron chi connectivity index (χ3n) is 3.25. The molecule has 0 fully saturated rings. The minimum absolute atomic E-state index is 0.160. The smallest absolute Gasteiger partial charge is 0.251 e. The summed E-state index contributed by atoms with van der Waals surface area (Å²) in [6, 6.07) is 6.00. The van der Waals surface area contributed by atoms with E-state index >= 15 is 0 Å². The van der Waals surface area contributed by atoms with Crippen molar-refractivity contribution < 1.29 is 13.2 Å². The second-order valence-electron chi connectivity index (χ2n) is 4.69. The van der Waals surface area contributed by atoms with Crippen molar-refractivity contribution in [3.05, 3.63) is 29.8 Å². The van der Waals surface area contributed by atoms with Gasteiger partial charge in [-0.15, -0.1) is 0 Å². The summed E-state index contributed by atoms with van der Waals surface area (Å²) in [5, 5.41) is 2.87. The monoisotopic (exact) mass is 283 g/mol. The van der Waals surface area contributed by atoms with Gasteiger partial charge in [0, 0.05) is 18.4 Å². The Morgan fingerprint density at radius 2 is 1.68 bits per heavy atom. The predicted molar refractivity (Wildman–Crippen MR) is 76.0 cm³/mol. The van der Waals surface area contributed by atoms with Crippen molar-refractivity contribution in [1.29, 1.82) is 0 Å². The minimum Gasteiger partial charge on any atom is -0.352 e. The molecule has 1 amide bonds. The molecular weight excluding hydrogens is 262 g/mol. The summed E-state index contributed by atoms with van der Waals surface area (Å²) < 4.78 is 22.6. The summed E-state index contributed by atoms with van der Waals surface area (Å²) in [6.45, 7) is 4.85. The van der Waals surface area contributed by atoms with E-state index in [-0.39, 0.29) is 10.8 Å². The van der Waals surface area contributed by atoms with Gasteiger partial charge in [0.15, 0.2) is 9.84 Å². The number of carbonyl (C=O) groups is 1. The molecule has 0 saturated carbocycles. The highest BCUT2D eigenvalue weighted by Crippen LogP contribution is 2.11. The molecule has 0 spiro atoms. The molecule has 1 aromatic carbocycles. The molecule has 1 rings (SSSR count). The quantitative estimate of drug-likeness (QED) is 0.871. The minimum atomic E-state index is -3.21. The van der Waals surface area contributed by atoms with Crippen molar-refractivity contribution in [3.8, 4) is 0 Å². The van der Waals surface area contributed by atoms with Crippen molar-refractivity contribution in [2.45, 2.75) is 31.6 Å². The Hall–Kier alpha value is -1.36. The van der Waals surface area contributed by atoms with E-state index in [2.05, 4.69) is 19.2 Å². The van der Waals surface area contributed by atoms with Crippen molar-refractivity contribution in [2.24, 2.45) is 5.92 Å². The van der Waals surface area contributed by atoms with E-state index in [1.807, 2.05) is 0 Å². The molecule has 5 heteroatoms. The maximum Gasteiger partial charge on any atom is 0.251 e. The highest BCUT2D eigenvalue weighted by Gasteiger charge is 2.11. The van der Waals surface area contributed by atoms with Gasteiger partial charge in [-0.25, -0.2) is 8.42 Å².